The van der Waals surface area contributed by atoms with E-state index in [0.29, 0.717) is 23.1 Å². The minimum absolute atomic E-state index is 0.0844. The van der Waals surface area contributed by atoms with E-state index in [9.17, 15) is 4.39 Å². The van der Waals surface area contributed by atoms with Crippen molar-refractivity contribution in [2.45, 2.75) is 18.8 Å². The Morgan fingerprint density at radius 1 is 1.40 bits per heavy atom. The van der Waals surface area contributed by atoms with Crippen LogP contribution in [0.25, 0.3) is 16.7 Å². The molecular weight excluding hydrogens is 281 g/mol. The van der Waals surface area contributed by atoms with Crippen LogP contribution in [0.15, 0.2) is 18.2 Å². The number of nitrogens with one attached hydrogen (secondary N) is 1. The van der Waals surface area contributed by atoms with Gasteiger partial charge in [-0.15, -0.1) is 0 Å². The fourth-order valence-electron chi connectivity index (χ4n) is 2.40. The fraction of sp³-hybridized carbons (Fsp3) is 0.231. The Balaban J connectivity index is 1.97. The molecule has 0 bridgehead atoms. The number of nitrogens with two attached hydrogens (primary N) is 1. The SMILES string of the molecule is Nc1[nH]nc2c1c(C1CC1)nn2-c1ccc(Cl)c(F)c1. The maximum absolute atomic E-state index is 13.6. The second-order valence-corrected chi connectivity index (χ2v) is 5.41. The first-order valence-corrected chi connectivity index (χ1v) is 6.71. The first-order valence-electron chi connectivity index (χ1n) is 6.33. The minimum Gasteiger partial charge on any atom is -0.383 e. The van der Waals surface area contributed by atoms with E-state index >= 15 is 0 Å². The molecule has 0 aliphatic heterocycles. The third-order valence-electron chi connectivity index (χ3n) is 3.55. The number of hydrogen-bond donors (Lipinski definition) is 2. The van der Waals surface area contributed by atoms with E-state index in [-0.39, 0.29) is 5.02 Å². The van der Waals surface area contributed by atoms with Crippen LogP contribution in [0.1, 0.15) is 24.5 Å². The number of nitrogen functional groups attached to an aromatic ring is 1. The largest absolute Gasteiger partial charge is 0.383 e. The third-order valence-corrected chi connectivity index (χ3v) is 3.86. The van der Waals surface area contributed by atoms with E-state index in [0.717, 1.165) is 23.9 Å². The molecule has 0 saturated heterocycles. The van der Waals surface area contributed by atoms with Crippen molar-refractivity contribution < 1.29 is 4.39 Å². The Morgan fingerprint density at radius 3 is 2.90 bits per heavy atom. The number of H-pyrrole nitrogens is 1. The number of nitrogens with zero attached hydrogens (tertiary/aromatic N) is 3. The van der Waals surface area contributed by atoms with Crippen LogP contribution < -0.4 is 5.73 Å². The summed E-state index contributed by atoms with van der Waals surface area (Å²) in [5.74, 6) is 0.447. The van der Waals surface area contributed by atoms with Gasteiger partial charge in [-0.25, -0.2) is 9.07 Å². The summed E-state index contributed by atoms with van der Waals surface area (Å²) in [6.45, 7) is 0. The molecule has 1 aliphatic carbocycles. The number of benzene rings is 1. The van der Waals surface area contributed by atoms with Crippen LogP contribution in [-0.2, 0) is 0 Å². The van der Waals surface area contributed by atoms with E-state index < -0.39 is 5.82 Å². The molecule has 0 unspecified atom stereocenters. The van der Waals surface area contributed by atoms with Crippen LogP contribution in [0.5, 0.6) is 0 Å². The second-order valence-electron chi connectivity index (χ2n) is 5.01. The minimum atomic E-state index is -0.482. The van der Waals surface area contributed by atoms with Gasteiger partial charge in [-0.3, -0.25) is 5.10 Å². The Bertz CT molecular complexity index is 818. The number of rotatable bonds is 2. The molecule has 20 heavy (non-hydrogen) atoms. The van der Waals surface area contributed by atoms with Crippen molar-refractivity contribution in [3.63, 3.8) is 0 Å². The molecule has 3 aromatic rings. The molecule has 4 rings (SSSR count). The smallest absolute Gasteiger partial charge is 0.186 e. The topological polar surface area (TPSA) is 72.5 Å². The van der Waals surface area contributed by atoms with E-state index in [1.807, 2.05) is 0 Å². The summed E-state index contributed by atoms with van der Waals surface area (Å²) >= 11 is 5.71. The Kier molecular flexibility index (Phi) is 2.32. The predicted molar refractivity (Wildman–Crippen MR) is 74.6 cm³/mol. The van der Waals surface area contributed by atoms with E-state index in [1.165, 1.54) is 12.1 Å². The zero-order valence-corrected chi connectivity index (χ0v) is 11.2. The van der Waals surface area contributed by atoms with Gasteiger partial charge in [-0.2, -0.15) is 10.2 Å². The summed E-state index contributed by atoms with van der Waals surface area (Å²) in [6, 6.07) is 4.56. The van der Waals surface area contributed by atoms with Crippen LogP contribution in [0.4, 0.5) is 10.2 Å². The summed E-state index contributed by atoms with van der Waals surface area (Å²) in [7, 11) is 0. The second kappa shape index (κ2) is 3.96. The van der Waals surface area contributed by atoms with E-state index in [2.05, 4.69) is 15.3 Å². The van der Waals surface area contributed by atoms with Crippen LogP contribution in [0, 0.1) is 5.82 Å². The van der Waals surface area contributed by atoms with Crippen molar-refractivity contribution >= 4 is 28.5 Å². The zero-order chi connectivity index (χ0) is 13.9. The number of aromatic amines is 1. The highest BCUT2D eigenvalue weighted by Gasteiger charge is 2.31. The number of anilines is 1. The van der Waals surface area contributed by atoms with Crippen molar-refractivity contribution in [1.29, 1.82) is 0 Å². The lowest BCUT2D eigenvalue weighted by atomic mass is 10.2. The van der Waals surface area contributed by atoms with Gasteiger partial charge in [-0.05, 0) is 25.0 Å². The van der Waals surface area contributed by atoms with Crippen LogP contribution >= 0.6 is 11.6 Å². The van der Waals surface area contributed by atoms with Gasteiger partial charge in [0.2, 0.25) is 0 Å². The monoisotopic (exact) mass is 291 g/mol. The quantitative estimate of drug-likeness (QED) is 0.762. The molecule has 2 heterocycles. The standard InChI is InChI=1S/C13H11ClFN5/c14-8-4-3-7(5-9(8)15)20-13-10(12(16)17-18-13)11(19-20)6-1-2-6/h3-6H,1-2H2,(H3,16,17,18). The molecule has 0 radical (unpaired) electrons. The number of aromatic nitrogens is 4. The summed E-state index contributed by atoms with van der Waals surface area (Å²) in [4.78, 5) is 0. The van der Waals surface area contributed by atoms with Crippen molar-refractivity contribution in [3.05, 3.63) is 34.7 Å². The summed E-state index contributed by atoms with van der Waals surface area (Å²) in [5.41, 5.74) is 8.05. The lowest BCUT2D eigenvalue weighted by Crippen LogP contribution is -1.99. The first-order chi connectivity index (χ1) is 9.65. The van der Waals surface area contributed by atoms with Crippen LogP contribution in [0.3, 0.4) is 0 Å². The lowest BCUT2D eigenvalue weighted by Gasteiger charge is -2.02. The molecule has 102 valence electrons. The van der Waals surface area contributed by atoms with E-state index in [4.69, 9.17) is 17.3 Å². The maximum atomic E-state index is 13.6. The van der Waals surface area contributed by atoms with Crippen molar-refractivity contribution in [1.82, 2.24) is 20.0 Å². The maximum Gasteiger partial charge on any atom is 0.186 e. The lowest BCUT2D eigenvalue weighted by molar-refractivity contribution is 0.626. The number of halogens is 2. The van der Waals surface area contributed by atoms with E-state index in [1.54, 1.807) is 10.7 Å². The molecule has 1 fully saturated rings. The number of fused-ring (bicyclic) bond motifs is 1. The summed E-state index contributed by atoms with van der Waals surface area (Å²) in [5, 5.41) is 12.4. The van der Waals surface area contributed by atoms with Crippen LogP contribution in [-0.4, -0.2) is 20.0 Å². The molecule has 1 aliphatic rings. The van der Waals surface area contributed by atoms with Gasteiger partial charge in [0.05, 0.1) is 21.8 Å². The molecule has 0 amide bonds. The van der Waals surface area contributed by atoms with Gasteiger partial charge in [-0.1, -0.05) is 11.6 Å². The van der Waals surface area contributed by atoms with Crippen molar-refractivity contribution in [2.24, 2.45) is 0 Å². The molecule has 5 nitrogen and oxygen atoms in total. The third kappa shape index (κ3) is 1.61. The average molecular weight is 292 g/mol. The van der Waals surface area contributed by atoms with Crippen molar-refractivity contribution in [2.75, 3.05) is 5.73 Å². The summed E-state index contributed by atoms with van der Waals surface area (Å²) in [6.07, 6.45) is 2.21. The highest BCUT2D eigenvalue weighted by Crippen LogP contribution is 2.43. The molecular formula is C13H11ClFN5. The Labute approximate surface area is 118 Å². The highest BCUT2D eigenvalue weighted by atomic mass is 35.5. The summed E-state index contributed by atoms with van der Waals surface area (Å²) < 4.78 is 15.2. The fourth-order valence-corrected chi connectivity index (χ4v) is 2.51. The van der Waals surface area contributed by atoms with Crippen LogP contribution in [0.2, 0.25) is 5.02 Å². The molecule has 2 aromatic heterocycles. The molecule has 7 heteroatoms. The molecule has 3 N–H and O–H groups in total. The Morgan fingerprint density at radius 2 is 2.20 bits per heavy atom. The predicted octanol–water partition coefficient (Wildman–Crippen LogP) is 3.00. The van der Waals surface area contributed by atoms with Gasteiger partial charge in [0.1, 0.15) is 11.6 Å². The average Bonchev–Trinajstić information content (AvgIpc) is 3.10. The Hall–Kier alpha value is -2.08. The molecule has 0 atom stereocenters. The normalized spacial score (nSPS) is 15.1. The van der Waals surface area contributed by atoms with Gasteiger partial charge in [0.15, 0.2) is 5.65 Å². The van der Waals surface area contributed by atoms with Gasteiger partial charge < -0.3 is 5.73 Å². The number of hydrogen-bond acceptors (Lipinski definition) is 3. The molecule has 1 saturated carbocycles. The van der Waals surface area contributed by atoms with Gasteiger partial charge >= 0.3 is 0 Å². The van der Waals surface area contributed by atoms with Gasteiger partial charge in [0, 0.05) is 12.0 Å². The molecule has 1 aromatic carbocycles. The highest BCUT2D eigenvalue weighted by molar-refractivity contribution is 6.30. The zero-order valence-electron chi connectivity index (χ0n) is 10.4. The van der Waals surface area contributed by atoms with Gasteiger partial charge in [0.25, 0.3) is 0 Å². The molecule has 0 spiro atoms. The first kappa shape index (κ1) is 11.7. The van der Waals surface area contributed by atoms with Crippen molar-refractivity contribution in [3.8, 4) is 5.69 Å².